The third kappa shape index (κ3) is 7.18. The minimum atomic E-state index is -0.694. The van der Waals surface area contributed by atoms with Crippen LogP contribution in [0, 0.1) is 6.92 Å². The maximum atomic E-state index is 13.0. The van der Waals surface area contributed by atoms with Crippen LogP contribution in [0.2, 0.25) is 0 Å². The zero-order valence-electron chi connectivity index (χ0n) is 18.5. The second-order valence-electron chi connectivity index (χ2n) is 7.44. The smallest absolute Gasteiger partial charge is 0.255 e. The number of carbonyl (C=O) groups excluding carboxylic acids is 3. The van der Waals surface area contributed by atoms with Crippen LogP contribution in [0.3, 0.4) is 0 Å². The van der Waals surface area contributed by atoms with Gasteiger partial charge in [-0.25, -0.2) is 0 Å². The molecule has 1 aromatic heterocycles. The molecule has 0 aliphatic carbocycles. The van der Waals surface area contributed by atoms with Crippen molar-refractivity contribution in [3.8, 4) is 0 Å². The molecule has 0 saturated carbocycles. The largest absolute Gasteiger partial charge is 0.340 e. The van der Waals surface area contributed by atoms with E-state index < -0.39 is 6.04 Å². The number of hydrogen-bond acceptors (Lipinski definition) is 5. The van der Waals surface area contributed by atoms with Crippen molar-refractivity contribution in [2.75, 3.05) is 22.6 Å². The maximum Gasteiger partial charge on any atom is 0.255 e. The number of carbonyl (C=O) groups is 3. The molecule has 0 aliphatic rings. The molecule has 1 atom stereocenters. The number of nitrogens with one attached hydrogen (secondary N) is 3. The third-order valence-electron chi connectivity index (χ3n) is 4.84. The zero-order valence-corrected chi connectivity index (χ0v) is 19.3. The Balaban J connectivity index is 1.68. The lowest BCUT2D eigenvalue weighted by molar-refractivity contribution is -0.118. The first-order chi connectivity index (χ1) is 16.0. The van der Waals surface area contributed by atoms with Crippen LogP contribution in [0.15, 0.2) is 73.1 Å². The number of benzene rings is 2. The number of nitrogens with zero attached hydrogens (tertiary/aromatic N) is 1. The van der Waals surface area contributed by atoms with Crippen LogP contribution in [-0.4, -0.2) is 40.8 Å². The summed E-state index contributed by atoms with van der Waals surface area (Å²) in [6, 6.07) is 16.7. The molecule has 8 heteroatoms. The van der Waals surface area contributed by atoms with Gasteiger partial charge in [-0.2, -0.15) is 11.8 Å². The topological polar surface area (TPSA) is 100 Å². The van der Waals surface area contributed by atoms with E-state index >= 15 is 0 Å². The zero-order chi connectivity index (χ0) is 23.6. The molecule has 0 fully saturated rings. The van der Waals surface area contributed by atoms with E-state index in [9.17, 15) is 14.4 Å². The summed E-state index contributed by atoms with van der Waals surface area (Å²) in [6.07, 6.45) is 5.53. The molecule has 3 rings (SSSR count). The monoisotopic (exact) mass is 462 g/mol. The van der Waals surface area contributed by atoms with Crippen molar-refractivity contribution < 1.29 is 14.4 Å². The Morgan fingerprint density at radius 3 is 2.27 bits per heavy atom. The number of amides is 3. The summed E-state index contributed by atoms with van der Waals surface area (Å²) in [7, 11) is 0. The Kier molecular flexibility index (Phi) is 8.60. The Bertz CT molecular complexity index is 1120. The summed E-state index contributed by atoms with van der Waals surface area (Å²) in [4.78, 5) is 41.9. The summed E-state index contributed by atoms with van der Waals surface area (Å²) in [6.45, 7) is 1.91. The van der Waals surface area contributed by atoms with Crippen LogP contribution in [0.5, 0.6) is 0 Å². The summed E-state index contributed by atoms with van der Waals surface area (Å²) in [5.74, 6) is -0.168. The molecule has 1 unspecified atom stereocenters. The van der Waals surface area contributed by atoms with Gasteiger partial charge in [-0.05, 0) is 67.8 Å². The average molecular weight is 463 g/mol. The van der Waals surface area contributed by atoms with E-state index in [0.29, 0.717) is 34.7 Å². The lowest BCUT2D eigenvalue weighted by Gasteiger charge is -2.19. The van der Waals surface area contributed by atoms with Crippen molar-refractivity contribution in [3.05, 3.63) is 89.7 Å². The van der Waals surface area contributed by atoms with Crippen LogP contribution in [0.1, 0.15) is 32.7 Å². The van der Waals surface area contributed by atoms with Crippen molar-refractivity contribution in [3.63, 3.8) is 0 Å². The highest BCUT2D eigenvalue weighted by Gasteiger charge is 2.21. The quantitative estimate of drug-likeness (QED) is 0.444. The summed E-state index contributed by atoms with van der Waals surface area (Å²) < 4.78 is 0. The molecule has 33 heavy (non-hydrogen) atoms. The fraction of sp³-hybridized carbons (Fsp3) is 0.200. The molecule has 7 nitrogen and oxygen atoms in total. The summed E-state index contributed by atoms with van der Waals surface area (Å²) in [5.41, 5.74) is 3.03. The van der Waals surface area contributed by atoms with Crippen LogP contribution >= 0.6 is 11.8 Å². The predicted octanol–water partition coefficient (Wildman–Crippen LogP) is 4.13. The van der Waals surface area contributed by atoms with Gasteiger partial charge in [0.25, 0.3) is 11.8 Å². The van der Waals surface area contributed by atoms with Gasteiger partial charge >= 0.3 is 0 Å². The van der Waals surface area contributed by atoms with Gasteiger partial charge < -0.3 is 16.0 Å². The van der Waals surface area contributed by atoms with Gasteiger partial charge in [0.1, 0.15) is 6.04 Å². The Morgan fingerprint density at radius 1 is 0.879 bits per heavy atom. The molecule has 2 aromatic carbocycles. The van der Waals surface area contributed by atoms with E-state index in [1.54, 1.807) is 72.7 Å². The van der Waals surface area contributed by atoms with E-state index in [0.717, 1.165) is 5.56 Å². The van der Waals surface area contributed by atoms with Gasteiger partial charge in [-0.15, -0.1) is 0 Å². The molecule has 0 saturated heterocycles. The minimum Gasteiger partial charge on any atom is -0.340 e. The number of anilines is 2. The lowest BCUT2D eigenvalue weighted by Crippen LogP contribution is -2.44. The summed E-state index contributed by atoms with van der Waals surface area (Å²) >= 11 is 1.60. The van der Waals surface area contributed by atoms with Gasteiger partial charge in [0.15, 0.2) is 0 Å². The summed E-state index contributed by atoms with van der Waals surface area (Å²) in [5, 5.41) is 8.50. The van der Waals surface area contributed by atoms with E-state index in [1.165, 1.54) is 0 Å². The molecule has 0 bridgehead atoms. The van der Waals surface area contributed by atoms with Crippen LogP contribution in [0.4, 0.5) is 11.4 Å². The highest BCUT2D eigenvalue weighted by Crippen LogP contribution is 2.17. The Labute approximate surface area is 197 Å². The molecule has 1 heterocycles. The maximum absolute atomic E-state index is 13.0. The van der Waals surface area contributed by atoms with E-state index in [-0.39, 0.29) is 17.7 Å². The molecule has 3 aromatic rings. The molecule has 3 amide bonds. The SMILES string of the molecule is CSCCC(NC(=O)c1cccc(C)c1)C(=O)Nc1cccc(NC(=O)c2ccncc2)c1. The van der Waals surface area contributed by atoms with E-state index in [2.05, 4.69) is 20.9 Å². The first-order valence-corrected chi connectivity index (χ1v) is 11.8. The Morgan fingerprint density at radius 2 is 1.58 bits per heavy atom. The number of aryl methyl sites for hydroxylation is 1. The van der Waals surface area contributed by atoms with E-state index in [4.69, 9.17) is 0 Å². The van der Waals surface area contributed by atoms with Gasteiger partial charge in [-0.1, -0.05) is 23.8 Å². The van der Waals surface area contributed by atoms with Crippen molar-refractivity contribution >= 4 is 40.9 Å². The average Bonchev–Trinajstić information content (AvgIpc) is 2.82. The number of hydrogen-bond donors (Lipinski definition) is 3. The molecule has 3 N–H and O–H groups in total. The van der Waals surface area contributed by atoms with Gasteiger partial charge in [0.2, 0.25) is 5.91 Å². The second kappa shape index (κ2) is 11.8. The molecular weight excluding hydrogens is 436 g/mol. The normalized spacial score (nSPS) is 11.3. The van der Waals surface area contributed by atoms with Crippen molar-refractivity contribution in [1.29, 1.82) is 0 Å². The van der Waals surface area contributed by atoms with Crippen LogP contribution in [0.25, 0.3) is 0 Å². The number of thioether (sulfide) groups is 1. The first-order valence-electron chi connectivity index (χ1n) is 10.4. The van der Waals surface area contributed by atoms with Crippen molar-refractivity contribution in [2.45, 2.75) is 19.4 Å². The predicted molar refractivity (Wildman–Crippen MR) is 133 cm³/mol. The van der Waals surface area contributed by atoms with Crippen LogP contribution < -0.4 is 16.0 Å². The number of pyridine rings is 1. The molecular formula is C25H26N4O3S. The van der Waals surface area contributed by atoms with Gasteiger partial charge in [0, 0.05) is 34.9 Å². The van der Waals surface area contributed by atoms with Crippen molar-refractivity contribution in [2.24, 2.45) is 0 Å². The molecule has 0 spiro atoms. The van der Waals surface area contributed by atoms with Gasteiger partial charge in [-0.3, -0.25) is 19.4 Å². The lowest BCUT2D eigenvalue weighted by atomic mass is 10.1. The van der Waals surface area contributed by atoms with Crippen molar-refractivity contribution in [1.82, 2.24) is 10.3 Å². The highest BCUT2D eigenvalue weighted by molar-refractivity contribution is 7.98. The molecule has 170 valence electrons. The molecule has 0 radical (unpaired) electrons. The fourth-order valence-corrected chi connectivity index (χ4v) is 3.61. The third-order valence-corrected chi connectivity index (χ3v) is 5.49. The highest BCUT2D eigenvalue weighted by atomic mass is 32.2. The van der Waals surface area contributed by atoms with E-state index in [1.807, 2.05) is 25.3 Å². The number of rotatable bonds is 9. The fourth-order valence-electron chi connectivity index (χ4n) is 3.14. The number of aromatic nitrogens is 1. The standard InChI is InChI=1S/C25H26N4O3S/c1-17-5-3-6-19(15-17)24(31)29-22(11-14-33-2)25(32)28-21-8-4-7-20(16-21)27-23(30)18-9-12-26-13-10-18/h3-10,12-13,15-16,22H,11,14H2,1-2H3,(H,27,30)(H,28,32)(H,29,31). The molecule has 0 aliphatic heterocycles. The minimum absolute atomic E-state index is 0.274. The van der Waals surface area contributed by atoms with Crippen LogP contribution in [-0.2, 0) is 4.79 Å². The second-order valence-corrected chi connectivity index (χ2v) is 8.42. The first kappa shape index (κ1) is 24.0. The Hall–Kier alpha value is -3.65. The van der Waals surface area contributed by atoms with Gasteiger partial charge in [0.05, 0.1) is 0 Å².